The van der Waals surface area contributed by atoms with Gasteiger partial charge in [-0.25, -0.2) is 4.39 Å². The van der Waals surface area contributed by atoms with E-state index in [9.17, 15) is 23.7 Å². The van der Waals surface area contributed by atoms with Gasteiger partial charge in [-0.1, -0.05) is 11.3 Å². The van der Waals surface area contributed by atoms with Crippen molar-refractivity contribution in [3.05, 3.63) is 38.9 Å². The summed E-state index contributed by atoms with van der Waals surface area (Å²) in [5, 5.41) is 22.8. The SMILES string of the molecule is CNc1nnc(C(=O)Nc2cc([N+](=O)[O-])c(F)cc2F)s1. The highest BCUT2D eigenvalue weighted by molar-refractivity contribution is 7.17. The third-order valence-corrected chi connectivity index (χ3v) is 3.25. The molecule has 0 atom stereocenters. The van der Waals surface area contributed by atoms with Gasteiger partial charge in [-0.05, 0) is 0 Å². The van der Waals surface area contributed by atoms with Crippen LogP contribution in [0.3, 0.4) is 0 Å². The van der Waals surface area contributed by atoms with E-state index >= 15 is 0 Å². The van der Waals surface area contributed by atoms with Crippen molar-refractivity contribution in [2.45, 2.75) is 0 Å². The Hall–Kier alpha value is -2.69. The lowest BCUT2D eigenvalue weighted by atomic mass is 10.2. The number of aromatic nitrogens is 2. The van der Waals surface area contributed by atoms with E-state index < -0.39 is 33.8 Å². The van der Waals surface area contributed by atoms with Gasteiger partial charge in [0.15, 0.2) is 0 Å². The van der Waals surface area contributed by atoms with E-state index in [2.05, 4.69) is 20.8 Å². The molecule has 0 aliphatic heterocycles. The van der Waals surface area contributed by atoms with E-state index in [4.69, 9.17) is 0 Å². The molecule has 2 rings (SSSR count). The van der Waals surface area contributed by atoms with Gasteiger partial charge in [0.25, 0.3) is 5.91 Å². The van der Waals surface area contributed by atoms with Crippen LogP contribution in [-0.4, -0.2) is 28.1 Å². The Morgan fingerprint density at radius 3 is 2.62 bits per heavy atom. The number of anilines is 2. The minimum Gasteiger partial charge on any atom is -0.363 e. The summed E-state index contributed by atoms with van der Waals surface area (Å²) in [7, 11) is 1.57. The van der Waals surface area contributed by atoms with Gasteiger partial charge in [-0.3, -0.25) is 14.9 Å². The Kier molecular flexibility index (Phi) is 4.03. The summed E-state index contributed by atoms with van der Waals surface area (Å²) in [4.78, 5) is 21.4. The molecule has 0 saturated carbocycles. The smallest absolute Gasteiger partial charge is 0.307 e. The highest BCUT2D eigenvalue weighted by atomic mass is 32.1. The highest BCUT2D eigenvalue weighted by Crippen LogP contribution is 2.26. The summed E-state index contributed by atoms with van der Waals surface area (Å²) in [5.41, 5.74) is -1.46. The molecule has 2 N–H and O–H groups in total. The predicted octanol–water partition coefficient (Wildman–Crippen LogP) is 2.02. The van der Waals surface area contributed by atoms with Crippen molar-refractivity contribution in [1.29, 1.82) is 0 Å². The summed E-state index contributed by atoms with van der Waals surface area (Å²) >= 11 is 0.904. The Labute approximate surface area is 120 Å². The van der Waals surface area contributed by atoms with Crippen molar-refractivity contribution in [3.8, 4) is 0 Å². The van der Waals surface area contributed by atoms with Gasteiger partial charge in [-0.2, -0.15) is 4.39 Å². The molecule has 1 aromatic heterocycles. The topological polar surface area (TPSA) is 110 Å². The van der Waals surface area contributed by atoms with E-state index in [0.29, 0.717) is 17.3 Å². The third kappa shape index (κ3) is 3.08. The number of hydrogen-bond donors (Lipinski definition) is 2. The van der Waals surface area contributed by atoms with E-state index in [1.54, 1.807) is 7.05 Å². The number of nitrogens with zero attached hydrogens (tertiary/aromatic N) is 3. The molecule has 0 unspecified atom stereocenters. The predicted molar refractivity (Wildman–Crippen MR) is 70.4 cm³/mol. The highest BCUT2D eigenvalue weighted by Gasteiger charge is 2.21. The molecular weight excluding hydrogens is 308 g/mol. The lowest BCUT2D eigenvalue weighted by Crippen LogP contribution is -2.13. The minimum atomic E-state index is -1.33. The number of nitro benzene ring substituents is 1. The Morgan fingerprint density at radius 1 is 1.33 bits per heavy atom. The molecule has 11 heteroatoms. The first-order valence-electron chi connectivity index (χ1n) is 5.38. The summed E-state index contributed by atoms with van der Waals surface area (Å²) in [6.45, 7) is 0. The summed E-state index contributed by atoms with van der Waals surface area (Å²) in [5.74, 6) is -3.28. The fourth-order valence-electron chi connectivity index (χ4n) is 1.37. The number of nitro groups is 1. The van der Waals surface area contributed by atoms with Gasteiger partial charge in [0.2, 0.25) is 16.0 Å². The van der Waals surface area contributed by atoms with E-state index in [0.717, 1.165) is 11.3 Å². The van der Waals surface area contributed by atoms with Gasteiger partial charge in [0, 0.05) is 19.2 Å². The van der Waals surface area contributed by atoms with Crippen molar-refractivity contribution in [1.82, 2.24) is 10.2 Å². The molecule has 1 amide bonds. The number of carbonyl (C=O) groups is 1. The fraction of sp³-hybridized carbons (Fsp3) is 0.100. The molecule has 8 nitrogen and oxygen atoms in total. The molecule has 0 fully saturated rings. The van der Waals surface area contributed by atoms with Crippen LogP contribution < -0.4 is 10.6 Å². The quantitative estimate of drug-likeness (QED) is 0.659. The molecule has 0 spiro atoms. The van der Waals surface area contributed by atoms with Gasteiger partial charge >= 0.3 is 5.69 Å². The zero-order valence-electron chi connectivity index (χ0n) is 10.4. The largest absolute Gasteiger partial charge is 0.363 e. The maximum absolute atomic E-state index is 13.5. The molecule has 110 valence electrons. The van der Waals surface area contributed by atoms with Gasteiger partial charge in [-0.15, -0.1) is 10.2 Å². The normalized spacial score (nSPS) is 10.2. The third-order valence-electron chi connectivity index (χ3n) is 2.31. The Balaban J connectivity index is 2.28. The lowest BCUT2D eigenvalue weighted by molar-refractivity contribution is -0.387. The second kappa shape index (κ2) is 5.75. The zero-order chi connectivity index (χ0) is 15.6. The number of hydrogen-bond acceptors (Lipinski definition) is 7. The van der Waals surface area contributed by atoms with Crippen LogP contribution in [0.25, 0.3) is 0 Å². The fourth-order valence-corrected chi connectivity index (χ4v) is 1.96. The summed E-state index contributed by atoms with van der Waals surface area (Å²) in [6.07, 6.45) is 0. The second-order valence-electron chi connectivity index (χ2n) is 3.66. The summed E-state index contributed by atoms with van der Waals surface area (Å²) < 4.78 is 26.7. The van der Waals surface area contributed by atoms with E-state index in [1.807, 2.05) is 0 Å². The van der Waals surface area contributed by atoms with E-state index in [-0.39, 0.29) is 5.01 Å². The van der Waals surface area contributed by atoms with Crippen LogP contribution in [-0.2, 0) is 0 Å². The van der Waals surface area contributed by atoms with Gasteiger partial charge < -0.3 is 10.6 Å². The number of nitrogens with one attached hydrogen (secondary N) is 2. The molecule has 0 radical (unpaired) electrons. The first kappa shape index (κ1) is 14.7. The Bertz CT molecular complexity index is 721. The number of benzene rings is 1. The molecule has 1 heterocycles. The molecule has 21 heavy (non-hydrogen) atoms. The van der Waals surface area contributed by atoms with Crippen LogP contribution in [0.1, 0.15) is 9.80 Å². The van der Waals surface area contributed by atoms with Crippen molar-refractivity contribution < 1.29 is 18.5 Å². The second-order valence-corrected chi connectivity index (χ2v) is 4.63. The first-order valence-corrected chi connectivity index (χ1v) is 6.20. The molecule has 0 saturated heterocycles. The molecule has 1 aromatic carbocycles. The van der Waals surface area contributed by atoms with E-state index in [1.165, 1.54) is 0 Å². The molecule has 0 aliphatic carbocycles. The standard InChI is InChI=1S/C10H7F2N5O3S/c1-13-10-16-15-9(21-10)8(18)14-6-3-7(17(19)20)5(12)2-4(6)11/h2-3H,1H3,(H,13,16)(H,14,18). The maximum Gasteiger partial charge on any atom is 0.307 e. The average Bonchev–Trinajstić information content (AvgIpc) is 2.90. The molecule has 2 aromatic rings. The molecule has 0 aliphatic rings. The zero-order valence-corrected chi connectivity index (χ0v) is 11.2. The first-order chi connectivity index (χ1) is 9.92. The van der Waals surface area contributed by atoms with Crippen molar-refractivity contribution in [3.63, 3.8) is 0 Å². The van der Waals surface area contributed by atoms with Crippen LogP contribution in [0.5, 0.6) is 0 Å². The summed E-state index contributed by atoms with van der Waals surface area (Å²) in [6, 6.07) is 0.926. The molecular formula is C10H7F2N5O3S. The van der Waals surface area contributed by atoms with Crippen LogP contribution in [0.15, 0.2) is 12.1 Å². The van der Waals surface area contributed by atoms with Crippen LogP contribution in [0.4, 0.5) is 25.3 Å². The average molecular weight is 315 g/mol. The van der Waals surface area contributed by atoms with Crippen molar-refractivity contribution in [2.24, 2.45) is 0 Å². The number of halogens is 2. The van der Waals surface area contributed by atoms with Crippen LogP contribution >= 0.6 is 11.3 Å². The van der Waals surface area contributed by atoms with Crippen LogP contribution in [0, 0.1) is 21.7 Å². The lowest BCUT2D eigenvalue weighted by Gasteiger charge is -2.04. The Morgan fingerprint density at radius 2 is 2.05 bits per heavy atom. The maximum atomic E-state index is 13.5. The van der Waals surface area contributed by atoms with Crippen LogP contribution in [0.2, 0.25) is 0 Å². The number of carbonyl (C=O) groups excluding carboxylic acids is 1. The number of amides is 1. The minimum absolute atomic E-state index is 0.0780. The van der Waals surface area contributed by atoms with Gasteiger partial charge in [0.05, 0.1) is 10.6 Å². The monoisotopic (exact) mass is 315 g/mol. The number of rotatable bonds is 4. The molecule has 0 bridgehead atoms. The van der Waals surface area contributed by atoms with Crippen molar-refractivity contribution in [2.75, 3.05) is 17.7 Å². The van der Waals surface area contributed by atoms with Crippen molar-refractivity contribution >= 4 is 33.8 Å². The van der Waals surface area contributed by atoms with Gasteiger partial charge in [0.1, 0.15) is 5.82 Å².